The Hall–Kier alpha value is -1.85. The van der Waals surface area contributed by atoms with Crippen molar-refractivity contribution in [3.8, 4) is 0 Å². The van der Waals surface area contributed by atoms with Crippen LogP contribution in [0.4, 0.5) is 0 Å². The van der Waals surface area contributed by atoms with E-state index in [0.717, 1.165) is 5.39 Å². The van der Waals surface area contributed by atoms with Gasteiger partial charge in [0.1, 0.15) is 0 Å². The summed E-state index contributed by atoms with van der Waals surface area (Å²) in [6.45, 7) is 0. The molecule has 0 bridgehead atoms. The van der Waals surface area contributed by atoms with Gasteiger partial charge in [-0.15, -0.1) is 0 Å². The highest BCUT2D eigenvalue weighted by Crippen LogP contribution is 2.50. The van der Waals surface area contributed by atoms with Crippen LogP contribution in [0, 0.1) is 5.92 Å². The number of carbonyl (C=O) groups excluding carboxylic acids is 1. The number of likely N-dealkylation sites (N-methyl/N-ethyl adjacent to an activating group) is 1. The molecule has 110 valence electrons. The molecule has 0 amide bonds. The number of fused-ring (bicyclic) bond motifs is 1. The molecular formula is C15H14ClNO4. The van der Waals surface area contributed by atoms with Crippen LogP contribution in [0.3, 0.4) is 0 Å². The van der Waals surface area contributed by atoms with Crippen molar-refractivity contribution in [1.82, 2.24) is 4.90 Å². The average molecular weight is 308 g/mol. The fourth-order valence-corrected chi connectivity index (χ4v) is 3.18. The highest BCUT2D eigenvalue weighted by Gasteiger charge is 2.65. The molecule has 1 heterocycles. The molecule has 2 unspecified atom stereocenters. The number of furan rings is 1. The maximum Gasteiger partial charge on any atom is 0.308 e. The summed E-state index contributed by atoms with van der Waals surface area (Å²) in [6.07, 6.45) is 1.82. The number of hydrogen-bond donors (Lipinski definition) is 1. The molecule has 1 saturated carbocycles. The van der Waals surface area contributed by atoms with Gasteiger partial charge in [0, 0.05) is 10.9 Å². The molecule has 0 radical (unpaired) electrons. The van der Waals surface area contributed by atoms with Gasteiger partial charge in [-0.1, -0.05) is 11.6 Å². The minimum atomic E-state index is -0.980. The zero-order chi connectivity index (χ0) is 15.4. The summed E-state index contributed by atoms with van der Waals surface area (Å²) in [5, 5.41) is 10.3. The molecule has 0 saturated heterocycles. The third-order valence-corrected chi connectivity index (χ3v) is 4.47. The quantitative estimate of drug-likeness (QED) is 0.879. The first-order valence-electron chi connectivity index (χ1n) is 6.49. The lowest BCUT2D eigenvalue weighted by Crippen LogP contribution is -2.41. The summed E-state index contributed by atoms with van der Waals surface area (Å²) in [7, 11) is 3.44. The van der Waals surface area contributed by atoms with E-state index in [1.54, 1.807) is 31.1 Å². The van der Waals surface area contributed by atoms with Gasteiger partial charge in [0.25, 0.3) is 0 Å². The molecule has 2 atom stereocenters. The first-order chi connectivity index (χ1) is 9.87. The summed E-state index contributed by atoms with van der Waals surface area (Å²) < 4.78 is 5.24. The van der Waals surface area contributed by atoms with E-state index in [4.69, 9.17) is 16.0 Å². The van der Waals surface area contributed by atoms with E-state index in [2.05, 4.69) is 0 Å². The fraction of sp³-hybridized carbons (Fsp3) is 0.333. The maximum atomic E-state index is 12.8. The number of Topliss-reactive ketones (excluding diaryl/α,β-unsaturated/α-hetero) is 1. The molecule has 2 aromatic rings. The lowest BCUT2D eigenvalue weighted by molar-refractivity contribution is -0.139. The van der Waals surface area contributed by atoms with Crippen LogP contribution in [0.15, 0.2) is 28.9 Å². The monoisotopic (exact) mass is 307 g/mol. The second-order valence-corrected chi connectivity index (χ2v) is 5.95. The lowest BCUT2D eigenvalue weighted by Gasteiger charge is -2.23. The van der Waals surface area contributed by atoms with Gasteiger partial charge in [-0.25, -0.2) is 0 Å². The molecule has 21 heavy (non-hydrogen) atoms. The van der Waals surface area contributed by atoms with Gasteiger partial charge in [0.05, 0.1) is 22.7 Å². The van der Waals surface area contributed by atoms with Crippen molar-refractivity contribution < 1.29 is 19.1 Å². The number of ketones is 1. The van der Waals surface area contributed by atoms with E-state index in [1.807, 2.05) is 0 Å². The maximum absolute atomic E-state index is 12.8. The van der Waals surface area contributed by atoms with Crippen LogP contribution >= 0.6 is 11.6 Å². The molecule has 6 heteroatoms. The first kappa shape index (κ1) is 14.1. The number of carbonyl (C=O) groups is 2. The molecule has 1 fully saturated rings. The first-order valence-corrected chi connectivity index (χ1v) is 6.87. The number of benzene rings is 1. The number of hydrogen-bond acceptors (Lipinski definition) is 4. The van der Waals surface area contributed by atoms with Crippen LogP contribution in [-0.2, 0) is 4.79 Å². The average Bonchev–Trinajstić information content (AvgIpc) is 3.02. The van der Waals surface area contributed by atoms with Crippen molar-refractivity contribution in [1.29, 1.82) is 0 Å². The molecule has 0 aliphatic heterocycles. The van der Waals surface area contributed by atoms with Crippen LogP contribution in [0.5, 0.6) is 0 Å². The van der Waals surface area contributed by atoms with E-state index in [9.17, 15) is 14.7 Å². The summed E-state index contributed by atoms with van der Waals surface area (Å²) in [4.78, 5) is 25.7. The van der Waals surface area contributed by atoms with E-state index in [1.165, 1.54) is 12.3 Å². The lowest BCUT2D eigenvalue weighted by atomic mass is 9.98. The highest BCUT2D eigenvalue weighted by atomic mass is 35.5. The minimum absolute atomic E-state index is 0.218. The van der Waals surface area contributed by atoms with Gasteiger partial charge in [-0.2, -0.15) is 0 Å². The third kappa shape index (κ3) is 1.96. The van der Waals surface area contributed by atoms with Crippen LogP contribution in [0.25, 0.3) is 11.0 Å². The number of rotatable bonds is 4. The summed E-state index contributed by atoms with van der Waals surface area (Å²) in [6, 6.07) is 4.95. The van der Waals surface area contributed by atoms with Crippen LogP contribution in [0.2, 0.25) is 5.02 Å². The number of carboxylic acids is 1. The van der Waals surface area contributed by atoms with Crippen molar-refractivity contribution in [2.45, 2.75) is 12.0 Å². The number of halogens is 1. The Bertz CT molecular complexity index is 751. The Balaban J connectivity index is 2.05. The van der Waals surface area contributed by atoms with Crippen molar-refractivity contribution in [2.24, 2.45) is 5.92 Å². The largest absolute Gasteiger partial charge is 0.481 e. The van der Waals surface area contributed by atoms with Crippen molar-refractivity contribution in [2.75, 3.05) is 14.1 Å². The third-order valence-electron chi connectivity index (χ3n) is 4.19. The molecule has 1 aromatic carbocycles. The number of nitrogens with zero attached hydrogens (tertiary/aromatic N) is 1. The van der Waals surface area contributed by atoms with Crippen LogP contribution in [0.1, 0.15) is 16.8 Å². The zero-order valence-corrected chi connectivity index (χ0v) is 12.3. The molecule has 1 aliphatic rings. The Labute approximate surface area is 126 Å². The molecule has 1 N–H and O–H groups in total. The smallest absolute Gasteiger partial charge is 0.308 e. The molecule has 1 aliphatic carbocycles. The predicted molar refractivity (Wildman–Crippen MR) is 77.7 cm³/mol. The standard InChI is InChI=1S/C15H14ClNO4/c1-17(2)15(7-10(15)14(19)20)13(18)9-5-8-3-4-21-12(8)11(16)6-9/h3-6,10H,7H2,1-2H3,(H,19,20). The van der Waals surface area contributed by atoms with Gasteiger partial charge in [0.15, 0.2) is 11.4 Å². The van der Waals surface area contributed by atoms with Gasteiger partial charge in [0.2, 0.25) is 0 Å². The summed E-state index contributed by atoms with van der Waals surface area (Å²) >= 11 is 6.12. The Morgan fingerprint density at radius 2 is 2.14 bits per heavy atom. The van der Waals surface area contributed by atoms with Gasteiger partial charge >= 0.3 is 5.97 Å². The van der Waals surface area contributed by atoms with Gasteiger partial charge < -0.3 is 9.52 Å². The van der Waals surface area contributed by atoms with Crippen LogP contribution < -0.4 is 0 Å². The van der Waals surface area contributed by atoms with E-state index in [-0.39, 0.29) is 5.78 Å². The molecule has 5 nitrogen and oxygen atoms in total. The van der Waals surface area contributed by atoms with Crippen molar-refractivity contribution in [3.05, 3.63) is 35.0 Å². The Morgan fingerprint density at radius 1 is 1.43 bits per heavy atom. The molecule has 3 rings (SSSR count). The highest BCUT2D eigenvalue weighted by molar-refractivity contribution is 6.35. The van der Waals surface area contributed by atoms with Crippen LogP contribution in [-0.4, -0.2) is 41.4 Å². The predicted octanol–water partition coefficient (Wildman–Crippen LogP) is 2.67. The van der Waals surface area contributed by atoms with Crippen molar-refractivity contribution >= 4 is 34.3 Å². The second kappa shape index (κ2) is 4.58. The SMILES string of the molecule is CN(C)C1(C(=O)c2cc(Cl)c3occc3c2)CC1C(=O)O. The Kier molecular flexibility index (Phi) is 3.07. The summed E-state index contributed by atoms with van der Waals surface area (Å²) in [5.74, 6) is -1.85. The molecular weight excluding hydrogens is 294 g/mol. The van der Waals surface area contributed by atoms with Gasteiger partial charge in [-0.3, -0.25) is 14.5 Å². The number of aliphatic carboxylic acids is 1. The van der Waals surface area contributed by atoms with E-state index < -0.39 is 17.4 Å². The zero-order valence-electron chi connectivity index (χ0n) is 11.6. The minimum Gasteiger partial charge on any atom is -0.481 e. The normalized spacial score (nSPS) is 24.5. The van der Waals surface area contributed by atoms with E-state index >= 15 is 0 Å². The second-order valence-electron chi connectivity index (χ2n) is 5.54. The summed E-state index contributed by atoms with van der Waals surface area (Å²) in [5.41, 5.74) is -0.0453. The topological polar surface area (TPSA) is 70.8 Å². The number of carboxylic acid groups (broad SMARTS) is 1. The molecule has 0 spiro atoms. The van der Waals surface area contributed by atoms with Gasteiger partial charge in [-0.05, 0) is 38.7 Å². The van der Waals surface area contributed by atoms with Crippen molar-refractivity contribution in [3.63, 3.8) is 0 Å². The Morgan fingerprint density at radius 3 is 2.71 bits per heavy atom. The molecule has 1 aromatic heterocycles. The van der Waals surface area contributed by atoms with E-state index in [0.29, 0.717) is 22.6 Å². The fourth-order valence-electron chi connectivity index (χ4n) is 2.91.